The first kappa shape index (κ1) is 42.8. The average molecular weight is 887 g/mol. The molecule has 4 aliphatic heterocycles. The number of hydrogen-bond donors (Lipinski definition) is 2. The number of imide groups is 1. The number of furan rings is 1. The maximum absolute atomic E-state index is 13.3. The standard InChI is InChI=1S/C51H50N8O7/c1-30-23-38-42(57(2)50(30)63)25-35(32-13-19-58(20-14-32)51(64)33-15-21-65-22-16-33)26-43(38)59-18-4-6-40-44(59)28-54-47(55-40)34-8-10-41(53-27-34)49(62)52-17-3-5-31-7-11-45-37(24-31)39(29-66-45)36-9-12-46(60)56-48(36)61/h7-8,10-11,23-29,32-33,36H,4,6,9,12-22H2,1-2H3,(H,52,62)(H,56,60,61). The fourth-order valence-corrected chi connectivity index (χ4v) is 9.96. The minimum atomic E-state index is -0.476. The number of carbonyl (C=O) groups excluding carboxylic acids is 4. The van der Waals surface area contributed by atoms with Crippen molar-refractivity contribution in [1.82, 2.24) is 35.1 Å². The second-order valence-electron chi connectivity index (χ2n) is 17.8. The maximum atomic E-state index is 13.3. The highest BCUT2D eigenvalue weighted by atomic mass is 16.5. The van der Waals surface area contributed by atoms with Gasteiger partial charge in [-0.2, -0.15) is 0 Å². The summed E-state index contributed by atoms with van der Waals surface area (Å²) in [5.74, 6) is 5.65. The van der Waals surface area contributed by atoms with Gasteiger partial charge in [0, 0.05) is 91.5 Å². The van der Waals surface area contributed by atoms with Crippen LogP contribution in [0.5, 0.6) is 0 Å². The van der Waals surface area contributed by atoms with Crippen LogP contribution in [0.2, 0.25) is 0 Å². The Kier molecular flexibility index (Phi) is 11.7. The summed E-state index contributed by atoms with van der Waals surface area (Å²) >= 11 is 0. The molecule has 4 amide bonds. The van der Waals surface area contributed by atoms with Crippen LogP contribution in [0.15, 0.2) is 76.4 Å². The van der Waals surface area contributed by atoms with Crippen molar-refractivity contribution in [2.24, 2.45) is 13.0 Å². The van der Waals surface area contributed by atoms with Crippen molar-refractivity contribution in [2.75, 3.05) is 44.3 Å². The molecule has 15 nitrogen and oxygen atoms in total. The Balaban J connectivity index is 0.830. The molecule has 0 bridgehead atoms. The van der Waals surface area contributed by atoms with E-state index in [4.69, 9.17) is 19.1 Å². The number of ether oxygens (including phenoxy) is 1. The highest BCUT2D eigenvalue weighted by Gasteiger charge is 2.33. The van der Waals surface area contributed by atoms with Gasteiger partial charge in [0.25, 0.3) is 11.5 Å². The van der Waals surface area contributed by atoms with Crippen LogP contribution in [0.25, 0.3) is 33.3 Å². The van der Waals surface area contributed by atoms with Crippen molar-refractivity contribution < 1.29 is 28.3 Å². The Morgan fingerprint density at radius 2 is 1.73 bits per heavy atom. The van der Waals surface area contributed by atoms with Gasteiger partial charge in [-0.15, -0.1) is 0 Å². The Bertz CT molecular complexity index is 3040. The van der Waals surface area contributed by atoms with Crippen molar-refractivity contribution in [2.45, 2.75) is 70.1 Å². The van der Waals surface area contributed by atoms with Gasteiger partial charge in [-0.05, 0) is 112 Å². The predicted octanol–water partition coefficient (Wildman–Crippen LogP) is 5.96. The molecule has 4 aliphatic rings. The SMILES string of the molecule is Cc1cc2c(N3CCCc4nc(-c5ccc(C(=O)NCC#Cc6ccc7occ(C8CCC(=O)NC8=O)c7c6)nc5)ncc43)cc(C3CCN(C(=O)C4CCOCC4)CC3)cc2n(C)c1=O. The number of carbonyl (C=O) groups is 4. The molecule has 3 fully saturated rings. The molecule has 0 radical (unpaired) electrons. The summed E-state index contributed by atoms with van der Waals surface area (Å²) in [6.07, 6.45) is 10.6. The number of piperidine rings is 2. The van der Waals surface area contributed by atoms with Crippen molar-refractivity contribution in [1.29, 1.82) is 0 Å². The fourth-order valence-electron chi connectivity index (χ4n) is 9.96. The van der Waals surface area contributed by atoms with Gasteiger partial charge in [0.15, 0.2) is 5.82 Å². The maximum Gasteiger partial charge on any atom is 0.270 e. The van der Waals surface area contributed by atoms with Crippen LogP contribution in [-0.2, 0) is 32.6 Å². The number of aryl methyl sites for hydroxylation is 3. The minimum absolute atomic E-state index is 0.0234. The molecule has 1 unspecified atom stereocenters. The summed E-state index contributed by atoms with van der Waals surface area (Å²) in [5.41, 5.74) is 8.46. The lowest BCUT2D eigenvalue weighted by atomic mass is 9.87. The van der Waals surface area contributed by atoms with Crippen molar-refractivity contribution in [3.05, 3.63) is 111 Å². The normalized spacial score (nSPS) is 18.2. The summed E-state index contributed by atoms with van der Waals surface area (Å²) in [4.78, 5) is 82.5. The zero-order valence-electron chi connectivity index (χ0n) is 37.0. The number of hydrogen-bond acceptors (Lipinski definition) is 11. The Hall–Kier alpha value is -7.18. The number of pyridine rings is 2. The lowest BCUT2D eigenvalue weighted by Gasteiger charge is -2.36. The number of nitrogens with zero attached hydrogens (tertiary/aromatic N) is 6. The van der Waals surface area contributed by atoms with Gasteiger partial charge in [0.2, 0.25) is 17.7 Å². The molecular weight excluding hydrogens is 837 g/mol. The van der Waals surface area contributed by atoms with Crippen LogP contribution in [0.4, 0.5) is 11.4 Å². The summed E-state index contributed by atoms with van der Waals surface area (Å²) < 4.78 is 12.9. The van der Waals surface area contributed by atoms with E-state index in [0.29, 0.717) is 66.4 Å². The lowest BCUT2D eigenvalue weighted by molar-refractivity contribution is -0.139. The molecule has 15 heteroatoms. The van der Waals surface area contributed by atoms with Crippen LogP contribution in [0, 0.1) is 24.7 Å². The predicted molar refractivity (Wildman–Crippen MR) is 247 cm³/mol. The molecular formula is C51H50N8O7. The van der Waals surface area contributed by atoms with E-state index in [9.17, 15) is 24.0 Å². The first-order valence-electron chi connectivity index (χ1n) is 22.8. The fraction of sp³-hybridized carbons (Fsp3) is 0.373. The van der Waals surface area contributed by atoms with Crippen LogP contribution >= 0.6 is 0 Å². The first-order valence-corrected chi connectivity index (χ1v) is 22.8. The van der Waals surface area contributed by atoms with E-state index in [-0.39, 0.29) is 59.7 Å². The smallest absolute Gasteiger partial charge is 0.270 e. The molecule has 336 valence electrons. The van der Waals surface area contributed by atoms with E-state index in [0.717, 1.165) is 84.0 Å². The minimum Gasteiger partial charge on any atom is -0.464 e. The molecule has 2 aromatic carbocycles. The Labute approximate surface area is 380 Å². The summed E-state index contributed by atoms with van der Waals surface area (Å²) in [5, 5.41) is 6.96. The monoisotopic (exact) mass is 886 g/mol. The van der Waals surface area contributed by atoms with Crippen molar-refractivity contribution in [3.8, 4) is 23.2 Å². The Morgan fingerprint density at radius 3 is 2.52 bits per heavy atom. The zero-order chi connectivity index (χ0) is 45.5. The molecule has 0 spiro atoms. The molecule has 66 heavy (non-hydrogen) atoms. The zero-order valence-corrected chi connectivity index (χ0v) is 37.0. The van der Waals surface area contributed by atoms with Crippen molar-refractivity contribution in [3.63, 3.8) is 0 Å². The van der Waals surface area contributed by atoms with Crippen molar-refractivity contribution >= 4 is 56.9 Å². The van der Waals surface area contributed by atoms with Gasteiger partial charge in [-0.25, -0.2) is 9.97 Å². The van der Waals surface area contributed by atoms with E-state index >= 15 is 0 Å². The number of benzene rings is 2. The molecule has 0 saturated carbocycles. The second-order valence-corrected chi connectivity index (χ2v) is 17.8. The lowest BCUT2D eigenvalue weighted by Crippen LogP contribution is -2.42. The first-order chi connectivity index (χ1) is 32.1. The summed E-state index contributed by atoms with van der Waals surface area (Å²) in [7, 11) is 1.84. The van der Waals surface area contributed by atoms with E-state index in [1.165, 1.54) is 0 Å². The highest BCUT2D eigenvalue weighted by molar-refractivity contribution is 6.03. The number of anilines is 2. The molecule has 4 aromatic heterocycles. The third-order valence-electron chi connectivity index (χ3n) is 13.6. The van der Waals surface area contributed by atoms with Crippen LogP contribution < -0.4 is 21.1 Å². The highest BCUT2D eigenvalue weighted by Crippen LogP contribution is 2.41. The van der Waals surface area contributed by atoms with Crippen LogP contribution in [0.1, 0.15) is 95.2 Å². The number of amides is 4. The van der Waals surface area contributed by atoms with Gasteiger partial charge < -0.3 is 28.8 Å². The van der Waals surface area contributed by atoms with Crippen LogP contribution in [-0.4, -0.2) is 87.4 Å². The van der Waals surface area contributed by atoms with Gasteiger partial charge in [-0.3, -0.25) is 34.3 Å². The molecule has 3 saturated heterocycles. The van der Waals surface area contributed by atoms with Gasteiger partial charge >= 0.3 is 0 Å². The molecule has 8 heterocycles. The topological polar surface area (TPSA) is 182 Å². The molecule has 10 rings (SSSR count). The van der Waals surface area contributed by atoms with Gasteiger partial charge in [0.05, 0.1) is 47.5 Å². The van der Waals surface area contributed by atoms with E-state index in [1.54, 1.807) is 35.2 Å². The van der Waals surface area contributed by atoms with Gasteiger partial charge in [0.1, 0.15) is 11.3 Å². The summed E-state index contributed by atoms with van der Waals surface area (Å²) in [6.45, 7) is 5.42. The molecule has 2 N–H and O–H groups in total. The third kappa shape index (κ3) is 8.33. The Morgan fingerprint density at radius 1 is 0.894 bits per heavy atom. The third-order valence-corrected chi connectivity index (χ3v) is 13.6. The quantitative estimate of drug-likeness (QED) is 0.143. The average Bonchev–Trinajstić information content (AvgIpc) is 3.77. The number of nitrogens with one attached hydrogen (secondary N) is 2. The summed E-state index contributed by atoms with van der Waals surface area (Å²) in [6, 6.07) is 15.3. The number of fused-ring (bicyclic) bond motifs is 3. The number of likely N-dealkylation sites (tertiary alicyclic amines) is 1. The molecule has 0 aliphatic carbocycles. The number of aromatic nitrogens is 4. The van der Waals surface area contributed by atoms with Gasteiger partial charge in [-0.1, -0.05) is 11.8 Å². The molecule has 1 atom stereocenters. The molecule has 6 aromatic rings. The van der Waals surface area contributed by atoms with E-state index in [1.807, 2.05) is 43.3 Å². The van der Waals surface area contributed by atoms with E-state index in [2.05, 4.69) is 44.5 Å². The largest absolute Gasteiger partial charge is 0.464 e. The number of rotatable bonds is 7. The van der Waals surface area contributed by atoms with E-state index < -0.39 is 5.92 Å². The second kappa shape index (κ2) is 18.0. The van der Waals surface area contributed by atoms with Crippen LogP contribution in [0.3, 0.4) is 0 Å².